The minimum absolute atomic E-state index is 0.246. The first-order valence-electron chi connectivity index (χ1n) is 3.88. The molecule has 1 N–H and O–H groups in total. The average Bonchev–Trinajstić information content (AvgIpc) is 2.66. The van der Waals surface area contributed by atoms with Crippen molar-refractivity contribution in [2.45, 2.75) is 24.4 Å². The van der Waals surface area contributed by atoms with E-state index in [2.05, 4.69) is 4.98 Å². The van der Waals surface area contributed by atoms with Crippen LogP contribution in [0.1, 0.15) is 12.8 Å². The number of imidazole rings is 1. The van der Waals surface area contributed by atoms with E-state index in [4.69, 9.17) is 4.55 Å². The van der Waals surface area contributed by atoms with Gasteiger partial charge in [-0.2, -0.15) is 0 Å². The maximum absolute atomic E-state index is 10.6. The van der Waals surface area contributed by atoms with Gasteiger partial charge in [0.2, 0.25) is 11.1 Å². The van der Waals surface area contributed by atoms with Gasteiger partial charge in [0.25, 0.3) is 0 Å². The van der Waals surface area contributed by atoms with E-state index in [1.165, 1.54) is 12.8 Å². The molecule has 1 atom stereocenters. The van der Waals surface area contributed by atoms with Gasteiger partial charge in [-0.3, -0.25) is 0 Å². The highest BCUT2D eigenvalue weighted by atomic mass is 32.2. The zero-order chi connectivity index (χ0) is 8.55. The van der Waals surface area contributed by atoms with Crippen molar-refractivity contribution in [3.8, 4) is 0 Å². The number of nitrogens with zero attached hydrogens (tertiary/aromatic N) is 2. The van der Waals surface area contributed by atoms with Crippen LogP contribution in [0.4, 0.5) is 0 Å². The average molecular weight is 186 g/mol. The molecule has 1 aromatic rings. The molecule has 0 bridgehead atoms. The Bertz CT molecular complexity index is 306. The summed E-state index contributed by atoms with van der Waals surface area (Å²) in [6.45, 7) is 0.935. The fourth-order valence-electron chi connectivity index (χ4n) is 1.13. The van der Waals surface area contributed by atoms with Gasteiger partial charge in [-0.25, -0.2) is 9.19 Å². The van der Waals surface area contributed by atoms with Crippen LogP contribution in [-0.2, 0) is 17.6 Å². The number of hydrogen-bond acceptors (Lipinski definition) is 2. The summed E-state index contributed by atoms with van der Waals surface area (Å²) in [7, 11) is 0. The molecule has 66 valence electrons. The molecular formula is C7H10N2O2S. The molecule has 4 nitrogen and oxygen atoms in total. The molecule has 1 aliphatic rings. The predicted molar refractivity (Wildman–Crippen MR) is 44.0 cm³/mol. The van der Waals surface area contributed by atoms with Crippen molar-refractivity contribution in [3.05, 3.63) is 12.5 Å². The van der Waals surface area contributed by atoms with Crippen molar-refractivity contribution in [2.75, 3.05) is 0 Å². The van der Waals surface area contributed by atoms with E-state index in [-0.39, 0.29) is 5.03 Å². The van der Waals surface area contributed by atoms with Crippen molar-refractivity contribution >= 4 is 11.1 Å². The van der Waals surface area contributed by atoms with E-state index >= 15 is 0 Å². The van der Waals surface area contributed by atoms with E-state index in [0.29, 0.717) is 0 Å². The quantitative estimate of drug-likeness (QED) is 0.713. The van der Waals surface area contributed by atoms with Crippen LogP contribution >= 0.6 is 0 Å². The van der Waals surface area contributed by atoms with Gasteiger partial charge in [0, 0.05) is 12.7 Å². The van der Waals surface area contributed by atoms with Crippen molar-refractivity contribution in [1.82, 2.24) is 9.55 Å². The molecule has 2 rings (SSSR count). The van der Waals surface area contributed by atoms with Crippen molar-refractivity contribution in [3.63, 3.8) is 0 Å². The lowest BCUT2D eigenvalue weighted by atomic mass is 10.4. The van der Waals surface area contributed by atoms with Gasteiger partial charge >= 0.3 is 0 Å². The third-order valence-electron chi connectivity index (χ3n) is 1.95. The summed E-state index contributed by atoms with van der Waals surface area (Å²) in [5, 5.41) is 0.246. The number of aromatic nitrogens is 2. The third-order valence-corrected chi connectivity index (χ3v) is 2.52. The molecule has 12 heavy (non-hydrogen) atoms. The lowest BCUT2D eigenvalue weighted by molar-refractivity contribution is 0.560. The van der Waals surface area contributed by atoms with E-state index in [1.807, 2.05) is 4.57 Å². The maximum Gasteiger partial charge on any atom is 0.207 e. The normalized spacial score (nSPS) is 19.4. The van der Waals surface area contributed by atoms with E-state index in [1.54, 1.807) is 12.5 Å². The molecule has 0 amide bonds. The fraction of sp³-hybridized carbons (Fsp3) is 0.571. The van der Waals surface area contributed by atoms with E-state index < -0.39 is 11.1 Å². The molecule has 0 radical (unpaired) electrons. The van der Waals surface area contributed by atoms with Gasteiger partial charge in [-0.15, -0.1) is 0 Å². The van der Waals surface area contributed by atoms with Gasteiger partial charge < -0.3 is 9.12 Å². The minimum atomic E-state index is -1.93. The van der Waals surface area contributed by atoms with E-state index in [0.717, 1.165) is 12.5 Å². The summed E-state index contributed by atoms with van der Waals surface area (Å²) >= 11 is -1.93. The molecule has 0 aromatic carbocycles. The molecule has 5 heteroatoms. The van der Waals surface area contributed by atoms with Gasteiger partial charge in [0.05, 0.1) is 6.33 Å². The fourth-order valence-corrected chi connectivity index (χ4v) is 1.49. The second-order valence-electron chi connectivity index (χ2n) is 3.10. The summed E-state index contributed by atoms with van der Waals surface area (Å²) in [4.78, 5) is 3.81. The lowest BCUT2D eigenvalue weighted by Gasteiger charge is -1.96. The molecule has 0 spiro atoms. The van der Waals surface area contributed by atoms with Crippen LogP contribution in [-0.4, -0.2) is 18.3 Å². The summed E-state index contributed by atoms with van der Waals surface area (Å²) in [5.74, 6) is 0.763. The Morgan fingerprint density at radius 2 is 2.50 bits per heavy atom. The van der Waals surface area contributed by atoms with Crippen LogP contribution < -0.4 is 0 Å². The van der Waals surface area contributed by atoms with Crippen molar-refractivity contribution < 1.29 is 8.76 Å². The molecule has 1 heterocycles. The van der Waals surface area contributed by atoms with Gasteiger partial charge in [-0.05, 0) is 18.8 Å². The highest BCUT2D eigenvalue weighted by molar-refractivity contribution is 7.79. The maximum atomic E-state index is 10.6. The van der Waals surface area contributed by atoms with Crippen LogP contribution in [0.3, 0.4) is 0 Å². The van der Waals surface area contributed by atoms with Crippen LogP contribution in [0, 0.1) is 5.92 Å². The summed E-state index contributed by atoms with van der Waals surface area (Å²) in [6.07, 6.45) is 5.79. The molecular weight excluding hydrogens is 176 g/mol. The Hall–Kier alpha value is -0.680. The Kier molecular flexibility index (Phi) is 1.98. The van der Waals surface area contributed by atoms with Crippen molar-refractivity contribution in [1.29, 1.82) is 0 Å². The van der Waals surface area contributed by atoms with Crippen LogP contribution in [0.15, 0.2) is 17.6 Å². The van der Waals surface area contributed by atoms with Crippen LogP contribution in [0.5, 0.6) is 0 Å². The van der Waals surface area contributed by atoms with E-state index in [9.17, 15) is 4.21 Å². The monoisotopic (exact) mass is 186 g/mol. The minimum Gasteiger partial charge on any atom is -0.336 e. The zero-order valence-electron chi connectivity index (χ0n) is 6.51. The van der Waals surface area contributed by atoms with Crippen molar-refractivity contribution in [2.24, 2.45) is 5.92 Å². The first-order valence-corrected chi connectivity index (χ1v) is 4.99. The molecule has 1 aromatic heterocycles. The molecule has 0 aliphatic heterocycles. The largest absolute Gasteiger partial charge is 0.336 e. The second kappa shape index (κ2) is 2.99. The van der Waals surface area contributed by atoms with Gasteiger partial charge in [-0.1, -0.05) is 0 Å². The molecule has 1 fully saturated rings. The number of rotatable bonds is 3. The highest BCUT2D eigenvalue weighted by Gasteiger charge is 2.21. The predicted octanol–water partition coefficient (Wildman–Crippen LogP) is 0.874. The Labute approximate surface area is 72.9 Å². The van der Waals surface area contributed by atoms with Gasteiger partial charge in [0.15, 0.2) is 5.03 Å². The summed E-state index contributed by atoms with van der Waals surface area (Å²) in [6, 6.07) is 0. The van der Waals surface area contributed by atoms with Gasteiger partial charge in [0.1, 0.15) is 0 Å². The lowest BCUT2D eigenvalue weighted by Crippen LogP contribution is -1.95. The Morgan fingerprint density at radius 3 is 3.00 bits per heavy atom. The third kappa shape index (κ3) is 1.73. The first kappa shape index (κ1) is 7.94. The molecule has 1 unspecified atom stereocenters. The topological polar surface area (TPSA) is 55.1 Å². The summed E-state index contributed by atoms with van der Waals surface area (Å²) < 4.78 is 21.1. The molecule has 0 saturated heterocycles. The summed E-state index contributed by atoms with van der Waals surface area (Å²) in [5.41, 5.74) is 0. The molecule has 1 saturated carbocycles. The Morgan fingerprint density at radius 1 is 1.75 bits per heavy atom. The standard InChI is InChI=1S/C7H10N2O2S/c10-12(11)7-4-9(5-8-7)3-6-1-2-6/h4-6H,1-3H2,(H,10,11). The highest BCUT2D eigenvalue weighted by Crippen LogP contribution is 2.30. The zero-order valence-corrected chi connectivity index (χ0v) is 7.33. The molecule has 1 aliphatic carbocycles. The Balaban J connectivity index is 2.06. The second-order valence-corrected chi connectivity index (χ2v) is 4.02. The smallest absolute Gasteiger partial charge is 0.207 e. The number of hydrogen-bond donors (Lipinski definition) is 1. The first-order chi connectivity index (χ1) is 5.75. The SMILES string of the molecule is O=S(O)c1cn(CC2CC2)cn1. The van der Waals surface area contributed by atoms with Crippen LogP contribution in [0.25, 0.3) is 0 Å². The van der Waals surface area contributed by atoms with Crippen LogP contribution in [0.2, 0.25) is 0 Å².